The van der Waals surface area contributed by atoms with Gasteiger partial charge in [-0.15, -0.1) is 0 Å². The minimum absolute atomic E-state index is 0.710. The third kappa shape index (κ3) is 3.69. The Balaban J connectivity index is 1.91. The Labute approximate surface area is 165 Å². The summed E-state index contributed by atoms with van der Waals surface area (Å²) in [5.41, 5.74) is 5.80. The molecule has 0 saturated heterocycles. The number of nitrogens with zero attached hydrogens (tertiary/aromatic N) is 2. The lowest BCUT2D eigenvalue weighted by atomic mass is 10.0. The molecule has 0 radical (unpaired) electrons. The average molecular weight is 422 g/mol. The summed E-state index contributed by atoms with van der Waals surface area (Å²) in [6, 6.07) is 26.0. The van der Waals surface area contributed by atoms with Crippen molar-refractivity contribution in [2.75, 3.05) is 0 Å². The van der Waals surface area contributed by atoms with Crippen LogP contribution in [0.15, 0.2) is 89.5 Å². The highest BCUT2D eigenvalue weighted by atomic mass is 79.9. The van der Waals surface area contributed by atoms with Crippen LogP contribution in [-0.4, -0.2) is 9.97 Å². The Bertz CT molecular complexity index is 1050. The first kappa shape index (κ1) is 17.0. The second-order valence-electron chi connectivity index (χ2n) is 5.86. The van der Waals surface area contributed by atoms with Crippen molar-refractivity contribution in [1.29, 1.82) is 0 Å². The monoisotopic (exact) mass is 420 g/mol. The molecule has 0 saturated carbocycles. The van der Waals surface area contributed by atoms with Gasteiger partial charge in [-0.1, -0.05) is 57.9 Å². The van der Waals surface area contributed by atoms with Crippen LogP contribution >= 0.6 is 27.5 Å². The van der Waals surface area contributed by atoms with Gasteiger partial charge < -0.3 is 0 Å². The molecule has 2 heterocycles. The largest absolute Gasteiger partial charge is 0.255 e. The van der Waals surface area contributed by atoms with Crippen LogP contribution in [0.5, 0.6) is 0 Å². The van der Waals surface area contributed by atoms with Gasteiger partial charge in [0.2, 0.25) is 0 Å². The van der Waals surface area contributed by atoms with E-state index >= 15 is 0 Å². The zero-order valence-electron chi connectivity index (χ0n) is 13.7. The maximum atomic E-state index is 6.04. The topological polar surface area (TPSA) is 25.8 Å². The summed E-state index contributed by atoms with van der Waals surface area (Å²) in [6.07, 6.45) is 1.78. The lowest BCUT2D eigenvalue weighted by Gasteiger charge is -2.10. The molecule has 0 amide bonds. The number of hydrogen-bond acceptors (Lipinski definition) is 2. The molecule has 2 aromatic heterocycles. The maximum absolute atomic E-state index is 6.04. The van der Waals surface area contributed by atoms with Gasteiger partial charge in [0.15, 0.2) is 0 Å². The van der Waals surface area contributed by atoms with E-state index in [0.29, 0.717) is 5.02 Å². The molecule has 0 N–H and O–H groups in total. The number of aromatic nitrogens is 2. The molecule has 0 atom stereocenters. The fourth-order valence-electron chi connectivity index (χ4n) is 2.78. The summed E-state index contributed by atoms with van der Waals surface area (Å²) in [7, 11) is 0. The minimum atomic E-state index is 0.710. The molecular weight excluding hydrogens is 408 g/mol. The second-order valence-corrected chi connectivity index (χ2v) is 7.21. The van der Waals surface area contributed by atoms with E-state index in [-0.39, 0.29) is 0 Å². The zero-order chi connectivity index (χ0) is 17.9. The number of pyridine rings is 2. The molecule has 0 spiro atoms. The van der Waals surface area contributed by atoms with Crippen molar-refractivity contribution < 1.29 is 0 Å². The van der Waals surface area contributed by atoms with Crippen molar-refractivity contribution >= 4 is 27.5 Å². The predicted molar refractivity (Wildman–Crippen MR) is 111 cm³/mol. The molecule has 4 heteroatoms. The Morgan fingerprint density at radius 2 is 1.46 bits per heavy atom. The van der Waals surface area contributed by atoms with Crippen molar-refractivity contribution in [2.45, 2.75) is 0 Å². The molecule has 26 heavy (non-hydrogen) atoms. The fourth-order valence-corrected chi connectivity index (χ4v) is 3.30. The summed E-state index contributed by atoms with van der Waals surface area (Å²) in [5.74, 6) is 0. The molecule has 0 unspecified atom stereocenters. The third-order valence-electron chi connectivity index (χ3n) is 4.05. The van der Waals surface area contributed by atoms with Crippen LogP contribution in [0.2, 0.25) is 5.02 Å². The highest BCUT2D eigenvalue weighted by Gasteiger charge is 2.10. The van der Waals surface area contributed by atoms with Crippen LogP contribution in [0.1, 0.15) is 0 Å². The van der Waals surface area contributed by atoms with Crippen molar-refractivity contribution in [2.24, 2.45) is 0 Å². The average Bonchev–Trinajstić information content (AvgIpc) is 2.69. The van der Waals surface area contributed by atoms with Crippen molar-refractivity contribution in [3.63, 3.8) is 0 Å². The molecule has 4 rings (SSSR count). The van der Waals surface area contributed by atoms with E-state index in [9.17, 15) is 0 Å². The van der Waals surface area contributed by atoms with E-state index in [1.807, 2.05) is 54.6 Å². The van der Waals surface area contributed by atoms with E-state index in [1.54, 1.807) is 6.20 Å². The zero-order valence-corrected chi connectivity index (χ0v) is 16.1. The Hall–Kier alpha value is -2.49. The smallest absolute Gasteiger partial charge is 0.0899 e. The van der Waals surface area contributed by atoms with Crippen LogP contribution in [-0.2, 0) is 0 Å². The molecule has 0 fully saturated rings. The van der Waals surface area contributed by atoms with Gasteiger partial charge in [0, 0.05) is 21.3 Å². The fraction of sp³-hybridized carbons (Fsp3) is 0. The third-order valence-corrected chi connectivity index (χ3v) is 4.80. The van der Waals surface area contributed by atoms with E-state index in [1.165, 1.54) is 0 Å². The van der Waals surface area contributed by atoms with Gasteiger partial charge in [-0.2, -0.15) is 0 Å². The van der Waals surface area contributed by atoms with Gasteiger partial charge >= 0.3 is 0 Å². The van der Waals surface area contributed by atoms with Crippen LogP contribution in [0, 0.1) is 0 Å². The predicted octanol–water partition coefficient (Wildman–Crippen LogP) is 6.89. The lowest BCUT2D eigenvalue weighted by molar-refractivity contribution is 1.25. The first-order valence-corrected chi connectivity index (χ1v) is 9.31. The molecular formula is C22H14BrClN2. The van der Waals surface area contributed by atoms with Gasteiger partial charge in [-0.25, -0.2) is 4.98 Å². The highest BCUT2D eigenvalue weighted by molar-refractivity contribution is 9.10. The minimum Gasteiger partial charge on any atom is -0.255 e. The van der Waals surface area contributed by atoms with E-state index < -0.39 is 0 Å². The lowest BCUT2D eigenvalue weighted by Crippen LogP contribution is -1.92. The summed E-state index contributed by atoms with van der Waals surface area (Å²) in [4.78, 5) is 9.29. The summed E-state index contributed by atoms with van der Waals surface area (Å²) in [6.45, 7) is 0. The molecule has 0 aliphatic carbocycles. The summed E-state index contributed by atoms with van der Waals surface area (Å²) < 4.78 is 1.04. The van der Waals surface area contributed by atoms with Crippen LogP contribution in [0.4, 0.5) is 0 Å². The van der Waals surface area contributed by atoms with E-state index in [2.05, 4.69) is 45.2 Å². The van der Waals surface area contributed by atoms with E-state index in [0.717, 1.165) is 38.2 Å². The maximum Gasteiger partial charge on any atom is 0.0899 e. The van der Waals surface area contributed by atoms with Gasteiger partial charge in [-0.05, 0) is 59.7 Å². The highest BCUT2D eigenvalue weighted by Crippen LogP contribution is 2.31. The SMILES string of the molecule is Clc1ccc(-c2cc(-c3cccc(Br)c3)cc(-c3ccccn3)n2)cc1. The van der Waals surface area contributed by atoms with Crippen LogP contribution < -0.4 is 0 Å². The Morgan fingerprint density at radius 1 is 0.654 bits per heavy atom. The summed E-state index contributed by atoms with van der Waals surface area (Å²) >= 11 is 9.59. The van der Waals surface area contributed by atoms with Gasteiger partial charge in [0.25, 0.3) is 0 Å². The van der Waals surface area contributed by atoms with E-state index in [4.69, 9.17) is 16.6 Å². The standard InChI is InChI=1S/C22H14BrClN2/c23-18-5-3-4-16(12-18)17-13-21(15-7-9-19(24)10-8-15)26-22(14-17)20-6-1-2-11-25-20/h1-14H. The quantitative estimate of drug-likeness (QED) is 0.360. The number of benzene rings is 2. The molecule has 126 valence electrons. The van der Waals surface area contributed by atoms with Gasteiger partial charge in [-0.3, -0.25) is 4.98 Å². The number of rotatable bonds is 3. The van der Waals surface area contributed by atoms with Gasteiger partial charge in [0.1, 0.15) is 0 Å². The van der Waals surface area contributed by atoms with Crippen LogP contribution in [0.25, 0.3) is 33.8 Å². The van der Waals surface area contributed by atoms with Crippen molar-refractivity contribution in [3.05, 3.63) is 94.6 Å². The molecule has 4 aromatic rings. The number of hydrogen-bond donors (Lipinski definition) is 0. The molecule has 0 bridgehead atoms. The van der Waals surface area contributed by atoms with Crippen LogP contribution in [0.3, 0.4) is 0 Å². The van der Waals surface area contributed by atoms with Gasteiger partial charge in [0.05, 0.1) is 17.1 Å². The molecule has 2 nitrogen and oxygen atoms in total. The number of halogens is 2. The van der Waals surface area contributed by atoms with Crippen molar-refractivity contribution in [1.82, 2.24) is 9.97 Å². The second kappa shape index (κ2) is 7.40. The molecule has 0 aliphatic heterocycles. The van der Waals surface area contributed by atoms with Crippen molar-refractivity contribution in [3.8, 4) is 33.8 Å². The molecule has 2 aromatic carbocycles. The first-order valence-electron chi connectivity index (χ1n) is 8.14. The first-order chi connectivity index (χ1) is 12.7. The summed E-state index contributed by atoms with van der Waals surface area (Å²) in [5, 5.41) is 0.710. The molecule has 0 aliphatic rings. The normalized spacial score (nSPS) is 10.7. The Kier molecular flexibility index (Phi) is 4.83. The Morgan fingerprint density at radius 3 is 2.19 bits per heavy atom.